The van der Waals surface area contributed by atoms with Crippen molar-refractivity contribution in [3.63, 3.8) is 0 Å². The van der Waals surface area contributed by atoms with Crippen molar-refractivity contribution in [3.8, 4) is 0 Å². The van der Waals surface area contributed by atoms with E-state index in [4.69, 9.17) is 0 Å². The molecule has 0 spiro atoms. The molecule has 0 N–H and O–H groups in total. The van der Waals surface area contributed by atoms with Crippen molar-refractivity contribution in [1.29, 1.82) is 0 Å². The van der Waals surface area contributed by atoms with Crippen molar-refractivity contribution in [2.45, 2.75) is 20.3 Å². The highest BCUT2D eigenvalue weighted by atomic mass is 13.9. The van der Waals surface area contributed by atoms with E-state index >= 15 is 0 Å². The van der Waals surface area contributed by atoms with Crippen LogP contribution in [0, 0.1) is 0 Å². The van der Waals surface area contributed by atoms with Crippen molar-refractivity contribution >= 4 is 0 Å². The molecule has 0 aromatic rings. The minimum absolute atomic E-state index is 0.963. The van der Waals surface area contributed by atoms with E-state index in [2.05, 4.69) is 25.3 Å². The van der Waals surface area contributed by atoms with Crippen LogP contribution in [0.25, 0.3) is 0 Å². The van der Waals surface area contributed by atoms with Gasteiger partial charge in [0.25, 0.3) is 0 Å². The lowest BCUT2D eigenvalue weighted by molar-refractivity contribution is 1.32. The lowest BCUT2D eigenvalue weighted by atomic mass is 10.1. The third-order valence-corrected chi connectivity index (χ3v) is 1.42. The minimum atomic E-state index is 0.963. The van der Waals surface area contributed by atoms with Gasteiger partial charge in [-0.05, 0) is 25.8 Å². The van der Waals surface area contributed by atoms with Gasteiger partial charge in [0.05, 0.1) is 0 Å². The van der Waals surface area contributed by atoms with E-state index in [1.54, 1.807) is 0 Å². The van der Waals surface area contributed by atoms with E-state index in [0.29, 0.717) is 0 Å². The van der Waals surface area contributed by atoms with Gasteiger partial charge in [-0.2, -0.15) is 0 Å². The molecule has 0 aromatic carbocycles. The van der Waals surface area contributed by atoms with Crippen LogP contribution in [0.2, 0.25) is 0 Å². The molecule has 60 valence electrons. The van der Waals surface area contributed by atoms with Gasteiger partial charge < -0.3 is 0 Å². The summed E-state index contributed by atoms with van der Waals surface area (Å²) in [4.78, 5) is 0. The Morgan fingerprint density at radius 2 is 2.09 bits per heavy atom. The summed E-state index contributed by atoms with van der Waals surface area (Å²) < 4.78 is 0. The SMILES string of the molecule is C=CC(=CCC=CC)C(=C)C. The summed E-state index contributed by atoms with van der Waals surface area (Å²) in [5.74, 6) is 0. The Labute approximate surface area is 69.6 Å². The molecular weight excluding hydrogens is 132 g/mol. The molecule has 0 fully saturated rings. The molecule has 0 saturated heterocycles. The highest BCUT2D eigenvalue weighted by molar-refractivity contribution is 5.35. The minimum Gasteiger partial charge on any atom is -0.0985 e. The molecular formula is C11H16. The summed E-state index contributed by atoms with van der Waals surface area (Å²) in [6.45, 7) is 11.6. The number of hydrogen-bond donors (Lipinski definition) is 0. The Hall–Kier alpha value is -1.04. The van der Waals surface area contributed by atoms with Crippen LogP contribution in [0.5, 0.6) is 0 Å². The van der Waals surface area contributed by atoms with Crippen molar-refractivity contribution in [2.24, 2.45) is 0 Å². The standard InChI is InChI=1S/C11H16/c1-5-7-8-9-11(6-2)10(3)4/h5-7,9H,2-3,8H2,1,4H3. The van der Waals surface area contributed by atoms with E-state index in [1.807, 2.05) is 26.0 Å². The van der Waals surface area contributed by atoms with Crippen molar-refractivity contribution in [1.82, 2.24) is 0 Å². The van der Waals surface area contributed by atoms with Crippen molar-refractivity contribution in [2.75, 3.05) is 0 Å². The molecule has 0 aliphatic rings. The van der Waals surface area contributed by atoms with Gasteiger partial charge in [-0.3, -0.25) is 0 Å². The normalized spacial score (nSPS) is 12.0. The summed E-state index contributed by atoms with van der Waals surface area (Å²) in [7, 11) is 0. The summed E-state index contributed by atoms with van der Waals surface area (Å²) >= 11 is 0. The van der Waals surface area contributed by atoms with E-state index < -0.39 is 0 Å². The van der Waals surface area contributed by atoms with Gasteiger partial charge in [0.15, 0.2) is 0 Å². The van der Waals surface area contributed by atoms with Gasteiger partial charge in [-0.15, -0.1) is 0 Å². The zero-order chi connectivity index (χ0) is 8.69. The fourth-order valence-corrected chi connectivity index (χ4v) is 0.763. The quantitative estimate of drug-likeness (QED) is 0.422. The second-order valence-corrected chi connectivity index (χ2v) is 2.45. The van der Waals surface area contributed by atoms with Crippen LogP contribution in [-0.2, 0) is 0 Å². The predicted octanol–water partition coefficient (Wildman–Crippen LogP) is 3.64. The second kappa shape index (κ2) is 5.72. The molecule has 0 bridgehead atoms. The van der Waals surface area contributed by atoms with Crippen LogP contribution in [-0.4, -0.2) is 0 Å². The summed E-state index contributed by atoms with van der Waals surface area (Å²) in [5.41, 5.74) is 2.22. The van der Waals surface area contributed by atoms with E-state index in [9.17, 15) is 0 Å². The van der Waals surface area contributed by atoms with Crippen LogP contribution < -0.4 is 0 Å². The molecule has 0 rings (SSSR count). The Morgan fingerprint density at radius 3 is 2.45 bits per heavy atom. The van der Waals surface area contributed by atoms with Crippen LogP contribution >= 0.6 is 0 Å². The van der Waals surface area contributed by atoms with Crippen molar-refractivity contribution in [3.05, 3.63) is 48.6 Å². The third kappa shape index (κ3) is 4.38. The Kier molecular flexibility index (Phi) is 5.18. The van der Waals surface area contributed by atoms with Crippen LogP contribution in [0.4, 0.5) is 0 Å². The van der Waals surface area contributed by atoms with E-state index in [1.165, 1.54) is 0 Å². The summed E-state index contributed by atoms with van der Waals surface area (Å²) in [6.07, 6.45) is 9.06. The number of allylic oxidation sites excluding steroid dienone is 6. The van der Waals surface area contributed by atoms with Gasteiger partial charge in [0.1, 0.15) is 0 Å². The maximum absolute atomic E-state index is 3.84. The van der Waals surface area contributed by atoms with E-state index in [0.717, 1.165) is 17.6 Å². The summed E-state index contributed by atoms with van der Waals surface area (Å²) in [5, 5.41) is 0. The van der Waals surface area contributed by atoms with Crippen LogP contribution in [0.15, 0.2) is 48.6 Å². The smallest absolute Gasteiger partial charge is 0.0160 e. The van der Waals surface area contributed by atoms with Gasteiger partial charge in [0.2, 0.25) is 0 Å². The maximum atomic E-state index is 3.84. The Balaban J connectivity index is 4.12. The molecule has 0 atom stereocenters. The highest BCUT2D eigenvalue weighted by Crippen LogP contribution is 2.08. The lowest BCUT2D eigenvalue weighted by Crippen LogP contribution is -1.77. The second-order valence-electron chi connectivity index (χ2n) is 2.45. The van der Waals surface area contributed by atoms with Gasteiger partial charge in [0, 0.05) is 0 Å². The molecule has 0 radical (unpaired) electrons. The van der Waals surface area contributed by atoms with Gasteiger partial charge in [-0.25, -0.2) is 0 Å². The van der Waals surface area contributed by atoms with Crippen molar-refractivity contribution < 1.29 is 0 Å². The highest BCUT2D eigenvalue weighted by Gasteiger charge is 1.88. The molecule has 0 aromatic heterocycles. The molecule has 0 nitrogen and oxygen atoms in total. The molecule has 11 heavy (non-hydrogen) atoms. The summed E-state index contributed by atoms with van der Waals surface area (Å²) in [6, 6.07) is 0. The van der Waals surface area contributed by atoms with Crippen LogP contribution in [0.1, 0.15) is 20.3 Å². The Morgan fingerprint density at radius 1 is 1.45 bits per heavy atom. The molecule has 0 saturated carbocycles. The number of rotatable bonds is 4. The van der Waals surface area contributed by atoms with E-state index in [-0.39, 0.29) is 0 Å². The molecule has 0 heteroatoms. The first-order valence-electron chi connectivity index (χ1n) is 3.82. The first kappa shape index (κ1) is 9.96. The predicted molar refractivity (Wildman–Crippen MR) is 52.5 cm³/mol. The zero-order valence-electron chi connectivity index (χ0n) is 7.43. The molecule has 0 unspecified atom stereocenters. The molecule has 0 amide bonds. The molecule has 0 heterocycles. The molecule has 0 aliphatic heterocycles. The first-order valence-corrected chi connectivity index (χ1v) is 3.82. The molecule has 0 aliphatic carbocycles. The number of hydrogen-bond acceptors (Lipinski definition) is 0. The van der Waals surface area contributed by atoms with Gasteiger partial charge in [-0.1, -0.05) is 43.0 Å². The fraction of sp³-hybridized carbons (Fsp3) is 0.273. The fourth-order valence-electron chi connectivity index (χ4n) is 0.763. The van der Waals surface area contributed by atoms with Gasteiger partial charge >= 0.3 is 0 Å². The largest absolute Gasteiger partial charge is 0.0985 e. The average molecular weight is 148 g/mol. The first-order chi connectivity index (χ1) is 5.22. The maximum Gasteiger partial charge on any atom is -0.0160 e. The van der Waals surface area contributed by atoms with Crippen LogP contribution in [0.3, 0.4) is 0 Å². The monoisotopic (exact) mass is 148 g/mol. The topological polar surface area (TPSA) is 0 Å². The average Bonchev–Trinajstić information content (AvgIpc) is 1.97. The Bertz CT molecular complexity index is 192. The third-order valence-electron chi connectivity index (χ3n) is 1.42. The lowest BCUT2D eigenvalue weighted by Gasteiger charge is -1.97. The zero-order valence-corrected chi connectivity index (χ0v) is 7.43.